The van der Waals surface area contributed by atoms with E-state index < -0.39 is 5.97 Å². The number of aromatic amines is 1. The molecule has 9 heteroatoms. The lowest BCUT2D eigenvalue weighted by molar-refractivity contribution is 0.0512. The molecule has 1 heterocycles. The van der Waals surface area contributed by atoms with Gasteiger partial charge in [0.25, 0.3) is 5.82 Å². The van der Waals surface area contributed by atoms with Gasteiger partial charge in [-0.3, -0.25) is 5.10 Å². The van der Waals surface area contributed by atoms with E-state index in [2.05, 4.69) is 20.5 Å². The average molecular weight is 350 g/mol. The molecule has 0 radical (unpaired) electrons. The van der Waals surface area contributed by atoms with Crippen LogP contribution in [0.2, 0.25) is 0 Å². The molecule has 0 atom stereocenters. The standard InChI is InChI=1S/C16H22N4O5/c1-5-25-16(21)15-18-12(19-20-15)8-9-17-10-6-7-11(22-2)14(24-4)13(10)23-3/h6-7,17H,5,8-9H2,1-4H3,(H,18,19,20). The van der Waals surface area contributed by atoms with Crippen LogP contribution in [0.5, 0.6) is 17.2 Å². The van der Waals surface area contributed by atoms with Crippen molar-refractivity contribution in [1.29, 1.82) is 0 Å². The number of H-pyrrole nitrogens is 1. The number of rotatable bonds is 9. The lowest BCUT2D eigenvalue weighted by Crippen LogP contribution is -2.09. The van der Waals surface area contributed by atoms with Crippen molar-refractivity contribution in [3.63, 3.8) is 0 Å². The molecule has 25 heavy (non-hydrogen) atoms. The van der Waals surface area contributed by atoms with Crippen molar-refractivity contribution in [1.82, 2.24) is 15.2 Å². The number of carbonyl (C=O) groups is 1. The summed E-state index contributed by atoms with van der Waals surface area (Å²) in [6.45, 7) is 2.55. The van der Waals surface area contributed by atoms with Crippen LogP contribution in [0, 0.1) is 0 Å². The molecule has 0 aliphatic rings. The first-order valence-electron chi connectivity index (χ1n) is 7.75. The van der Waals surface area contributed by atoms with Gasteiger partial charge in [-0.05, 0) is 19.1 Å². The zero-order valence-electron chi connectivity index (χ0n) is 14.7. The van der Waals surface area contributed by atoms with E-state index >= 15 is 0 Å². The van der Waals surface area contributed by atoms with Gasteiger partial charge in [-0.1, -0.05) is 0 Å². The SMILES string of the molecule is CCOC(=O)c1n[nH]c(CCNc2ccc(OC)c(OC)c2OC)n1. The molecule has 0 aliphatic carbocycles. The number of aromatic nitrogens is 3. The van der Waals surface area contributed by atoms with Gasteiger partial charge in [0.2, 0.25) is 5.75 Å². The highest BCUT2D eigenvalue weighted by molar-refractivity contribution is 5.84. The van der Waals surface area contributed by atoms with E-state index in [-0.39, 0.29) is 12.4 Å². The molecule has 0 fully saturated rings. The molecule has 136 valence electrons. The Balaban J connectivity index is 2.01. The third kappa shape index (κ3) is 4.31. The average Bonchev–Trinajstić information content (AvgIpc) is 3.10. The van der Waals surface area contributed by atoms with Crippen LogP contribution in [-0.2, 0) is 11.2 Å². The van der Waals surface area contributed by atoms with Gasteiger partial charge < -0.3 is 24.3 Å². The third-order valence-corrected chi connectivity index (χ3v) is 3.37. The van der Waals surface area contributed by atoms with Gasteiger partial charge in [0.05, 0.1) is 33.6 Å². The van der Waals surface area contributed by atoms with E-state index in [0.29, 0.717) is 36.0 Å². The van der Waals surface area contributed by atoms with E-state index in [1.54, 1.807) is 34.3 Å². The fourth-order valence-electron chi connectivity index (χ4n) is 2.25. The number of nitrogens with zero attached hydrogens (tertiary/aromatic N) is 2. The number of methoxy groups -OCH3 is 3. The Bertz CT molecular complexity index is 717. The Labute approximate surface area is 145 Å². The van der Waals surface area contributed by atoms with E-state index in [1.807, 2.05) is 6.07 Å². The number of ether oxygens (including phenoxy) is 4. The number of carbonyl (C=O) groups excluding carboxylic acids is 1. The minimum absolute atomic E-state index is 0.0283. The molecular formula is C16H22N4O5. The van der Waals surface area contributed by atoms with Crippen LogP contribution in [0.4, 0.5) is 5.69 Å². The normalized spacial score (nSPS) is 10.2. The van der Waals surface area contributed by atoms with Gasteiger partial charge in [-0.15, -0.1) is 5.10 Å². The van der Waals surface area contributed by atoms with Crippen molar-refractivity contribution in [2.45, 2.75) is 13.3 Å². The molecule has 0 bridgehead atoms. The van der Waals surface area contributed by atoms with E-state index in [1.165, 1.54) is 0 Å². The zero-order valence-corrected chi connectivity index (χ0v) is 14.7. The summed E-state index contributed by atoms with van der Waals surface area (Å²) in [5.41, 5.74) is 0.755. The summed E-state index contributed by atoms with van der Waals surface area (Å²) in [6.07, 6.45) is 0.532. The molecule has 2 N–H and O–H groups in total. The molecule has 0 saturated heterocycles. The van der Waals surface area contributed by atoms with Crippen LogP contribution in [0.3, 0.4) is 0 Å². The lowest BCUT2D eigenvalue weighted by Gasteiger charge is -2.16. The Morgan fingerprint density at radius 1 is 1.16 bits per heavy atom. The Kier molecular flexibility index (Phi) is 6.44. The maximum atomic E-state index is 11.5. The molecule has 0 unspecified atom stereocenters. The highest BCUT2D eigenvalue weighted by atomic mass is 16.5. The van der Waals surface area contributed by atoms with Crippen LogP contribution < -0.4 is 19.5 Å². The first-order valence-corrected chi connectivity index (χ1v) is 7.75. The molecule has 2 rings (SSSR count). The summed E-state index contributed by atoms with van der Waals surface area (Å²) in [4.78, 5) is 15.6. The van der Waals surface area contributed by atoms with Gasteiger partial charge in [-0.25, -0.2) is 9.78 Å². The summed E-state index contributed by atoms with van der Waals surface area (Å²) in [7, 11) is 4.68. The first-order chi connectivity index (χ1) is 12.1. The smallest absolute Gasteiger partial charge is 0.378 e. The molecule has 1 aromatic heterocycles. The summed E-state index contributed by atoms with van der Waals surface area (Å²) in [6, 6.07) is 3.63. The van der Waals surface area contributed by atoms with Crippen LogP contribution >= 0.6 is 0 Å². The molecule has 0 amide bonds. The van der Waals surface area contributed by atoms with Crippen molar-refractivity contribution in [3.05, 3.63) is 23.8 Å². The van der Waals surface area contributed by atoms with Crippen LogP contribution in [0.25, 0.3) is 0 Å². The fraction of sp³-hybridized carbons (Fsp3) is 0.438. The zero-order chi connectivity index (χ0) is 18.2. The minimum atomic E-state index is -0.542. The fourth-order valence-corrected chi connectivity index (χ4v) is 2.25. The van der Waals surface area contributed by atoms with Crippen molar-refractivity contribution in [3.8, 4) is 17.2 Å². The van der Waals surface area contributed by atoms with E-state index in [0.717, 1.165) is 5.69 Å². The third-order valence-electron chi connectivity index (χ3n) is 3.37. The van der Waals surface area contributed by atoms with Crippen LogP contribution in [0.1, 0.15) is 23.4 Å². The van der Waals surface area contributed by atoms with Gasteiger partial charge in [0.1, 0.15) is 5.82 Å². The summed E-state index contributed by atoms with van der Waals surface area (Å²) < 4.78 is 20.9. The van der Waals surface area contributed by atoms with E-state index in [4.69, 9.17) is 18.9 Å². The molecule has 2 aromatic rings. The van der Waals surface area contributed by atoms with Crippen molar-refractivity contribution >= 4 is 11.7 Å². The number of benzene rings is 1. The second-order valence-corrected chi connectivity index (χ2v) is 4.88. The second kappa shape index (κ2) is 8.76. The number of nitrogens with one attached hydrogen (secondary N) is 2. The van der Waals surface area contributed by atoms with Crippen LogP contribution in [-0.4, -0.2) is 55.6 Å². The maximum absolute atomic E-state index is 11.5. The Hall–Kier alpha value is -2.97. The molecule has 0 saturated carbocycles. The number of esters is 1. The molecule has 0 aliphatic heterocycles. The number of hydrogen-bond donors (Lipinski definition) is 2. The summed E-state index contributed by atoms with van der Waals surface area (Å²) >= 11 is 0. The predicted octanol–water partition coefficient (Wildman–Crippen LogP) is 1.66. The largest absolute Gasteiger partial charge is 0.493 e. The highest BCUT2D eigenvalue weighted by Gasteiger charge is 2.16. The topological polar surface area (TPSA) is 108 Å². The highest BCUT2D eigenvalue weighted by Crippen LogP contribution is 2.42. The first kappa shape index (κ1) is 18.4. The summed E-state index contributed by atoms with van der Waals surface area (Å²) in [5, 5.41) is 9.81. The van der Waals surface area contributed by atoms with Crippen molar-refractivity contribution < 1.29 is 23.7 Å². The van der Waals surface area contributed by atoms with Crippen molar-refractivity contribution in [2.75, 3.05) is 39.8 Å². The maximum Gasteiger partial charge on any atom is 0.378 e. The van der Waals surface area contributed by atoms with Crippen LogP contribution in [0.15, 0.2) is 12.1 Å². The molecule has 1 aromatic carbocycles. The monoisotopic (exact) mass is 350 g/mol. The van der Waals surface area contributed by atoms with E-state index in [9.17, 15) is 4.79 Å². The Morgan fingerprint density at radius 2 is 1.92 bits per heavy atom. The van der Waals surface area contributed by atoms with Gasteiger partial charge in [0.15, 0.2) is 11.5 Å². The number of hydrogen-bond acceptors (Lipinski definition) is 8. The van der Waals surface area contributed by atoms with Gasteiger partial charge in [-0.2, -0.15) is 0 Å². The molecular weight excluding hydrogens is 328 g/mol. The van der Waals surface area contributed by atoms with Gasteiger partial charge in [0, 0.05) is 13.0 Å². The summed E-state index contributed by atoms with van der Waals surface area (Å²) in [5.74, 6) is 1.71. The van der Waals surface area contributed by atoms with Crippen molar-refractivity contribution in [2.24, 2.45) is 0 Å². The quantitative estimate of drug-likeness (QED) is 0.658. The minimum Gasteiger partial charge on any atom is -0.493 e. The van der Waals surface area contributed by atoms with Gasteiger partial charge >= 0.3 is 5.97 Å². The lowest BCUT2D eigenvalue weighted by atomic mass is 10.2. The predicted molar refractivity (Wildman–Crippen MR) is 90.6 cm³/mol. The molecule has 9 nitrogen and oxygen atoms in total. The number of anilines is 1. The Morgan fingerprint density at radius 3 is 2.56 bits per heavy atom. The molecule has 0 spiro atoms. The second-order valence-electron chi connectivity index (χ2n) is 4.88.